The summed E-state index contributed by atoms with van der Waals surface area (Å²) in [6.45, 7) is 1.72. The topological polar surface area (TPSA) is 53.4 Å². The van der Waals surface area contributed by atoms with Gasteiger partial charge in [-0.2, -0.15) is 0 Å². The first kappa shape index (κ1) is 11.1. The van der Waals surface area contributed by atoms with Gasteiger partial charge in [-0.05, 0) is 38.9 Å². The number of hydrogen-bond donors (Lipinski definition) is 1. The first-order valence-electron chi connectivity index (χ1n) is 5.44. The van der Waals surface area contributed by atoms with Gasteiger partial charge >= 0.3 is 5.97 Å². The minimum Gasteiger partial charge on any atom is -0.480 e. The standard InChI is InChI=1S/C12H16N2O2/c1-12(11(15)16,14(2)9-6-7-9)10-5-3-4-8-13-10/h3-5,8-9H,6-7H2,1-2H3,(H,15,16). The van der Waals surface area contributed by atoms with Gasteiger partial charge in [-0.25, -0.2) is 4.79 Å². The van der Waals surface area contributed by atoms with Crippen molar-refractivity contribution in [2.75, 3.05) is 7.05 Å². The van der Waals surface area contributed by atoms with Crippen LogP contribution in [0.2, 0.25) is 0 Å². The lowest BCUT2D eigenvalue weighted by Gasteiger charge is -2.34. The van der Waals surface area contributed by atoms with Gasteiger partial charge in [0.1, 0.15) is 0 Å². The summed E-state index contributed by atoms with van der Waals surface area (Å²) in [6, 6.07) is 5.77. The van der Waals surface area contributed by atoms with Crippen molar-refractivity contribution in [3.05, 3.63) is 30.1 Å². The molecule has 1 aromatic rings. The number of hydrogen-bond acceptors (Lipinski definition) is 3. The van der Waals surface area contributed by atoms with Crippen LogP contribution in [-0.2, 0) is 10.3 Å². The number of carboxylic acids is 1. The van der Waals surface area contributed by atoms with Crippen LogP contribution in [0.1, 0.15) is 25.5 Å². The normalized spacial score (nSPS) is 19.4. The lowest BCUT2D eigenvalue weighted by molar-refractivity contribution is -0.151. The van der Waals surface area contributed by atoms with E-state index in [9.17, 15) is 9.90 Å². The molecule has 0 radical (unpaired) electrons. The van der Waals surface area contributed by atoms with E-state index in [1.165, 1.54) is 0 Å². The molecule has 0 aliphatic heterocycles. The van der Waals surface area contributed by atoms with Crippen LogP contribution in [0.5, 0.6) is 0 Å². The minimum atomic E-state index is -1.03. The molecule has 1 saturated carbocycles. The predicted octanol–water partition coefficient (Wildman–Crippen LogP) is 1.48. The number of rotatable bonds is 4. The Morgan fingerprint density at radius 3 is 2.69 bits per heavy atom. The molecule has 1 atom stereocenters. The molecule has 1 heterocycles. The fourth-order valence-corrected chi connectivity index (χ4v) is 1.92. The van der Waals surface area contributed by atoms with Gasteiger partial charge in [0.15, 0.2) is 5.54 Å². The van der Waals surface area contributed by atoms with Crippen LogP contribution in [0, 0.1) is 0 Å². The maximum atomic E-state index is 11.5. The molecule has 1 fully saturated rings. The van der Waals surface area contributed by atoms with Gasteiger partial charge in [0, 0.05) is 12.2 Å². The zero-order chi connectivity index (χ0) is 11.8. The summed E-state index contributed by atoms with van der Waals surface area (Å²) in [6.07, 6.45) is 3.79. The number of aliphatic carboxylic acids is 1. The van der Waals surface area contributed by atoms with Gasteiger partial charge in [0.25, 0.3) is 0 Å². The monoisotopic (exact) mass is 220 g/mol. The molecule has 1 unspecified atom stereocenters. The van der Waals surface area contributed by atoms with E-state index in [1.54, 1.807) is 25.3 Å². The highest BCUT2D eigenvalue weighted by molar-refractivity contribution is 5.79. The van der Waals surface area contributed by atoms with E-state index >= 15 is 0 Å². The van der Waals surface area contributed by atoms with Gasteiger partial charge in [-0.15, -0.1) is 0 Å². The minimum absolute atomic E-state index is 0.378. The van der Waals surface area contributed by atoms with Crippen LogP contribution >= 0.6 is 0 Å². The number of nitrogens with zero attached hydrogens (tertiary/aromatic N) is 2. The van der Waals surface area contributed by atoms with Crippen molar-refractivity contribution in [2.24, 2.45) is 0 Å². The van der Waals surface area contributed by atoms with Crippen molar-refractivity contribution < 1.29 is 9.90 Å². The molecule has 1 aromatic heterocycles. The molecule has 0 saturated heterocycles. The number of pyridine rings is 1. The van der Waals surface area contributed by atoms with Gasteiger partial charge in [0.2, 0.25) is 0 Å². The van der Waals surface area contributed by atoms with Gasteiger partial charge in [-0.3, -0.25) is 9.88 Å². The number of carbonyl (C=O) groups is 1. The van der Waals surface area contributed by atoms with Crippen LogP contribution in [0.25, 0.3) is 0 Å². The van der Waals surface area contributed by atoms with Crippen molar-refractivity contribution in [3.8, 4) is 0 Å². The Morgan fingerprint density at radius 1 is 1.56 bits per heavy atom. The molecule has 16 heavy (non-hydrogen) atoms. The van der Waals surface area contributed by atoms with E-state index in [2.05, 4.69) is 4.98 Å². The average molecular weight is 220 g/mol. The molecule has 4 heteroatoms. The summed E-state index contributed by atoms with van der Waals surface area (Å²) in [5.74, 6) is -0.847. The third-order valence-corrected chi connectivity index (χ3v) is 3.38. The van der Waals surface area contributed by atoms with Crippen molar-refractivity contribution >= 4 is 5.97 Å². The zero-order valence-corrected chi connectivity index (χ0v) is 9.55. The van der Waals surface area contributed by atoms with Crippen LogP contribution in [0.4, 0.5) is 0 Å². The van der Waals surface area contributed by atoms with Crippen molar-refractivity contribution in [1.82, 2.24) is 9.88 Å². The third-order valence-electron chi connectivity index (χ3n) is 3.38. The summed E-state index contributed by atoms with van der Waals surface area (Å²) in [5, 5.41) is 9.45. The molecule has 4 nitrogen and oxygen atoms in total. The van der Waals surface area contributed by atoms with E-state index in [1.807, 2.05) is 18.0 Å². The molecule has 0 spiro atoms. The first-order valence-corrected chi connectivity index (χ1v) is 5.44. The molecule has 86 valence electrons. The summed E-state index contributed by atoms with van der Waals surface area (Å²) < 4.78 is 0. The molecular formula is C12H16N2O2. The van der Waals surface area contributed by atoms with Crippen LogP contribution in [-0.4, -0.2) is 34.0 Å². The Morgan fingerprint density at radius 2 is 2.25 bits per heavy atom. The van der Waals surface area contributed by atoms with E-state index < -0.39 is 11.5 Å². The highest BCUT2D eigenvalue weighted by Gasteiger charge is 2.46. The van der Waals surface area contributed by atoms with Gasteiger partial charge in [0.05, 0.1) is 5.69 Å². The molecule has 1 N–H and O–H groups in total. The summed E-state index contributed by atoms with van der Waals surface area (Å²) in [4.78, 5) is 17.6. The number of aromatic nitrogens is 1. The first-order chi connectivity index (χ1) is 7.56. The summed E-state index contributed by atoms with van der Waals surface area (Å²) in [5.41, 5.74) is -0.431. The average Bonchev–Trinajstić information content (AvgIpc) is 3.11. The largest absolute Gasteiger partial charge is 0.480 e. The second kappa shape index (κ2) is 3.87. The lowest BCUT2D eigenvalue weighted by Crippen LogP contribution is -2.49. The van der Waals surface area contributed by atoms with E-state index in [0.717, 1.165) is 12.8 Å². The number of likely N-dealkylation sites (N-methyl/N-ethyl adjacent to an activating group) is 1. The molecule has 0 amide bonds. The Kier molecular flexibility index (Phi) is 2.68. The zero-order valence-electron chi connectivity index (χ0n) is 9.55. The molecule has 0 aromatic carbocycles. The molecule has 0 bridgehead atoms. The number of carboxylic acid groups (broad SMARTS) is 1. The lowest BCUT2D eigenvalue weighted by atomic mass is 9.95. The Labute approximate surface area is 94.9 Å². The molecular weight excluding hydrogens is 204 g/mol. The fourth-order valence-electron chi connectivity index (χ4n) is 1.92. The highest BCUT2D eigenvalue weighted by atomic mass is 16.4. The van der Waals surface area contributed by atoms with E-state index in [4.69, 9.17) is 0 Å². The van der Waals surface area contributed by atoms with E-state index in [-0.39, 0.29) is 0 Å². The van der Waals surface area contributed by atoms with E-state index in [0.29, 0.717) is 11.7 Å². The smallest absolute Gasteiger partial charge is 0.330 e. The van der Waals surface area contributed by atoms with Crippen molar-refractivity contribution in [1.29, 1.82) is 0 Å². The Balaban J connectivity index is 2.38. The summed E-state index contributed by atoms with van der Waals surface area (Å²) >= 11 is 0. The fraction of sp³-hybridized carbons (Fsp3) is 0.500. The second-order valence-electron chi connectivity index (χ2n) is 4.43. The molecule has 1 aliphatic rings. The quantitative estimate of drug-likeness (QED) is 0.835. The van der Waals surface area contributed by atoms with Crippen molar-refractivity contribution in [2.45, 2.75) is 31.3 Å². The maximum absolute atomic E-state index is 11.5. The van der Waals surface area contributed by atoms with Crippen LogP contribution in [0.3, 0.4) is 0 Å². The third kappa shape index (κ3) is 1.69. The SMILES string of the molecule is CN(C1CC1)C(C)(C(=O)O)c1ccccn1. The van der Waals surface area contributed by atoms with Crippen molar-refractivity contribution in [3.63, 3.8) is 0 Å². The molecule has 1 aliphatic carbocycles. The Bertz CT molecular complexity index is 389. The predicted molar refractivity (Wildman–Crippen MR) is 60.0 cm³/mol. The van der Waals surface area contributed by atoms with Gasteiger partial charge in [-0.1, -0.05) is 6.07 Å². The van der Waals surface area contributed by atoms with Crippen LogP contribution in [0.15, 0.2) is 24.4 Å². The van der Waals surface area contributed by atoms with Gasteiger partial charge < -0.3 is 5.11 Å². The van der Waals surface area contributed by atoms with Crippen LogP contribution < -0.4 is 0 Å². The second-order valence-corrected chi connectivity index (χ2v) is 4.43. The maximum Gasteiger partial charge on any atom is 0.330 e. The molecule has 2 rings (SSSR count). The Hall–Kier alpha value is -1.42. The summed E-state index contributed by atoms with van der Waals surface area (Å²) in [7, 11) is 1.86. The highest BCUT2D eigenvalue weighted by Crippen LogP contribution is 2.36.